The highest BCUT2D eigenvalue weighted by molar-refractivity contribution is 5.79. The standard InChI is InChI=1S/C13H29N3/c1-5-7-8-12(6-2)10-16(4)9-11(3)13(14)15/h11-12H,5-10H2,1-4H3,(H3,14,15). The van der Waals surface area contributed by atoms with E-state index in [1.807, 2.05) is 6.92 Å². The molecule has 0 bridgehead atoms. The molecule has 2 atom stereocenters. The third-order valence-electron chi connectivity index (χ3n) is 3.23. The first-order valence-electron chi connectivity index (χ1n) is 6.53. The van der Waals surface area contributed by atoms with Crippen molar-refractivity contribution in [2.45, 2.75) is 46.5 Å². The molecule has 0 saturated carbocycles. The topological polar surface area (TPSA) is 53.1 Å². The van der Waals surface area contributed by atoms with Crippen LogP contribution in [0.3, 0.4) is 0 Å². The summed E-state index contributed by atoms with van der Waals surface area (Å²) in [6.07, 6.45) is 5.18. The van der Waals surface area contributed by atoms with Gasteiger partial charge in [0.05, 0.1) is 5.84 Å². The van der Waals surface area contributed by atoms with Crippen LogP contribution in [0, 0.1) is 17.2 Å². The van der Waals surface area contributed by atoms with Crippen molar-refractivity contribution in [1.82, 2.24) is 4.90 Å². The van der Waals surface area contributed by atoms with Crippen molar-refractivity contribution >= 4 is 5.84 Å². The predicted octanol–water partition coefficient (Wildman–Crippen LogP) is 2.71. The van der Waals surface area contributed by atoms with E-state index in [4.69, 9.17) is 11.1 Å². The molecule has 0 rings (SSSR count). The molecule has 0 amide bonds. The molecule has 0 aliphatic rings. The van der Waals surface area contributed by atoms with Gasteiger partial charge in [-0.05, 0) is 19.4 Å². The third kappa shape index (κ3) is 6.83. The molecular formula is C13H29N3. The maximum atomic E-state index is 7.38. The average molecular weight is 227 g/mol. The van der Waals surface area contributed by atoms with Gasteiger partial charge in [-0.15, -0.1) is 0 Å². The van der Waals surface area contributed by atoms with Crippen molar-refractivity contribution in [3.8, 4) is 0 Å². The Morgan fingerprint density at radius 3 is 2.38 bits per heavy atom. The zero-order chi connectivity index (χ0) is 12.6. The summed E-state index contributed by atoms with van der Waals surface area (Å²) >= 11 is 0. The number of hydrogen-bond acceptors (Lipinski definition) is 2. The summed E-state index contributed by atoms with van der Waals surface area (Å²) in [6.45, 7) is 8.56. The van der Waals surface area contributed by atoms with Crippen molar-refractivity contribution < 1.29 is 0 Å². The lowest BCUT2D eigenvalue weighted by molar-refractivity contribution is 0.248. The smallest absolute Gasteiger partial charge is 0.0947 e. The van der Waals surface area contributed by atoms with E-state index in [0.29, 0.717) is 5.84 Å². The van der Waals surface area contributed by atoms with Crippen LogP contribution in [-0.4, -0.2) is 30.9 Å². The molecule has 0 heterocycles. The lowest BCUT2D eigenvalue weighted by Crippen LogP contribution is -2.34. The zero-order valence-corrected chi connectivity index (χ0v) is 11.4. The minimum Gasteiger partial charge on any atom is -0.387 e. The number of nitrogens with one attached hydrogen (secondary N) is 1. The Balaban J connectivity index is 3.90. The summed E-state index contributed by atoms with van der Waals surface area (Å²) in [6, 6.07) is 0. The molecular weight excluding hydrogens is 198 g/mol. The minimum absolute atomic E-state index is 0.175. The number of amidine groups is 1. The molecule has 3 nitrogen and oxygen atoms in total. The summed E-state index contributed by atoms with van der Waals surface area (Å²) in [5, 5.41) is 7.38. The number of hydrogen-bond donors (Lipinski definition) is 2. The molecule has 16 heavy (non-hydrogen) atoms. The maximum Gasteiger partial charge on any atom is 0.0947 e. The van der Waals surface area contributed by atoms with Crippen molar-refractivity contribution in [2.75, 3.05) is 20.1 Å². The van der Waals surface area contributed by atoms with E-state index in [-0.39, 0.29) is 5.92 Å². The Kier molecular flexibility index (Phi) is 8.26. The molecule has 0 aromatic rings. The van der Waals surface area contributed by atoms with Crippen molar-refractivity contribution in [3.05, 3.63) is 0 Å². The molecule has 0 spiro atoms. The largest absolute Gasteiger partial charge is 0.387 e. The second-order valence-electron chi connectivity index (χ2n) is 4.99. The van der Waals surface area contributed by atoms with Gasteiger partial charge < -0.3 is 10.6 Å². The van der Waals surface area contributed by atoms with E-state index < -0.39 is 0 Å². The SMILES string of the molecule is CCCCC(CC)CN(C)CC(C)C(=N)N. The predicted molar refractivity (Wildman–Crippen MR) is 71.9 cm³/mol. The van der Waals surface area contributed by atoms with Gasteiger partial charge in [0, 0.05) is 19.0 Å². The normalized spacial score (nSPS) is 15.1. The second kappa shape index (κ2) is 8.57. The summed E-state index contributed by atoms with van der Waals surface area (Å²) in [7, 11) is 2.13. The Morgan fingerprint density at radius 2 is 1.94 bits per heavy atom. The van der Waals surface area contributed by atoms with E-state index in [9.17, 15) is 0 Å². The quantitative estimate of drug-likeness (QED) is 0.470. The summed E-state index contributed by atoms with van der Waals surface area (Å²) in [5.41, 5.74) is 5.48. The highest BCUT2D eigenvalue weighted by atomic mass is 15.1. The van der Waals surface area contributed by atoms with Crippen molar-refractivity contribution in [3.63, 3.8) is 0 Å². The van der Waals surface area contributed by atoms with Crippen LogP contribution in [0.15, 0.2) is 0 Å². The van der Waals surface area contributed by atoms with Gasteiger partial charge in [-0.2, -0.15) is 0 Å². The van der Waals surface area contributed by atoms with Crippen molar-refractivity contribution in [2.24, 2.45) is 17.6 Å². The molecule has 2 unspecified atom stereocenters. The number of nitrogens with two attached hydrogens (primary N) is 1. The Hall–Kier alpha value is -0.570. The van der Waals surface area contributed by atoms with Gasteiger partial charge in [-0.3, -0.25) is 5.41 Å². The molecule has 0 aromatic carbocycles. The fourth-order valence-corrected chi connectivity index (χ4v) is 2.00. The Bertz CT molecular complexity index is 192. The van der Waals surface area contributed by atoms with Gasteiger partial charge in [0.1, 0.15) is 0 Å². The van der Waals surface area contributed by atoms with Crippen LogP contribution in [0.2, 0.25) is 0 Å². The fourth-order valence-electron chi connectivity index (χ4n) is 2.00. The van der Waals surface area contributed by atoms with Crippen LogP contribution in [-0.2, 0) is 0 Å². The highest BCUT2D eigenvalue weighted by Crippen LogP contribution is 2.14. The first-order chi connectivity index (χ1) is 7.51. The zero-order valence-electron chi connectivity index (χ0n) is 11.4. The van der Waals surface area contributed by atoms with E-state index in [0.717, 1.165) is 19.0 Å². The Labute approximate surface area is 101 Å². The van der Waals surface area contributed by atoms with Crippen LogP contribution in [0.5, 0.6) is 0 Å². The molecule has 0 aliphatic carbocycles. The first-order valence-corrected chi connectivity index (χ1v) is 6.53. The molecule has 0 radical (unpaired) electrons. The molecule has 96 valence electrons. The highest BCUT2D eigenvalue weighted by Gasteiger charge is 2.13. The molecule has 3 N–H and O–H groups in total. The Morgan fingerprint density at radius 1 is 1.31 bits per heavy atom. The van der Waals surface area contributed by atoms with E-state index in [1.54, 1.807) is 0 Å². The van der Waals surface area contributed by atoms with Gasteiger partial charge in [-0.1, -0.05) is 40.0 Å². The molecule has 0 aromatic heterocycles. The monoisotopic (exact) mass is 227 g/mol. The summed E-state index contributed by atoms with van der Waals surface area (Å²) < 4.78 is 0. The molecule has 3 heteroatoms. The second-order valence-corrected chi connectivity index (χ2v) is 4.99. The van der Waals surface area contributed by atoms with Crippen LogP contribution in [0.4, 0.5) is 0 Å². The van der Waals surface area contributed by atoms with Crippen LogP contribution in [0.25, 0.3) is 0 Å². The molecule has 0 fully saturated rings. The van der Waals surface area contributed by atoms with Gasteiger partial charge >= 0.3 is 0 Å². The number of rotatable bonds is 9. The summed E-state index contributed by atoms with van der Waals surface area (Å²) in [4.78, 5) is 2.32. The van der Waals surface area contributed by atoms with E-state index >= 15 is 0 Å². The maximum absolute atomic E-state index is 7.38. The van der Waals surface area contributed by atoms with Gasteiger partial charge in [0.2, 0.25) is 0 Å². The van der Waals surface area contributed by atoms with Gasteiger partial charge in [-0.25, -0.2) is 0 Å². The first kappa shape index (κ1) is 15.4. The third-order valence-corrected chi connectivity index (χ3v) is 3.23. The minimum atomic E-state index is 0.175. The number of unbranched alkanes of at least 4 members (excludes halogenated alkanes) is 1. The lowest BCUT2D eigenvalue weighted by Gasteiger charge is -2.25. The van der Waals surface area contributed by atoms with Gasteiger partial charge in [0.25, 0.3) is 0 Å². The number of nitrogens with zero attached hydrogens (tertiary/aromatic N) is 1. The van der Waals surface area contributed by atoms with E-state index in [1.165, 1.54) is 25.7 Å². The summed E-state index contributed by atoms with van der Waals surface area (Å²) in [5.74, 6) is 1.27. The average Bonchev–Trinajstić information content (AvgIpc) is 2.23. The lowest BCUT2D eigenvalue weighted by atomic mass is 9.98. The fraction of sp³-hybridized carbons (Fsp3) is 0.923. The van der Waals surface area contributed by atoms with Crippen molar-refractivity contribution in [1.29, 1.82) is 5.41 Å². The van der Waals surface area contributed by atoms with Crippen LogP contribution in [0.1, 0.15) is 46.5 Å². The van der Waals surface area contributed by atoms with Gasteiger partial charge in [0.15, 0.2) is 0 Å². The molecule has 0 saturated heterocycles. The van der Waals surface area contributed by atoms with Crippen LogP contribution >= 0.6 is 0 Å². The molecule has 0 aliphatic heterocycles. The van der Waals surface area contributed by atoms with Crippen LogP contribution < -0.4 is 5.73 Å². The van der Waals surface area contributed by atoms with E-state index in [2.05, 4.69) is 25.8 Å².